The van der Waals surface area contributed by atoms with Crippen molar-refractivity contribution in [2.45, 2.75) is 26.7 Å². The van der Waals surface area contributed by atoms with Gasteiger partial charge in [0.05, 0.1) is 6.61 Å². The van der Waals surface area contributed by atoms with Gasteiger partial charge in [0.2, 0.25) is 0 Å². The maximum atomic E-state index is 10.2. The van der Waals surface area contributed by atoms with Crippen LogP contribution >= 0.6 is 0 Å². The third-order valence-electron chi connectivity index (χ3n) is 2.25. The molecule has 0 saturated carbocycles. The summed E-state index contributed by atoms with van der Waals surface area (Å²) >= 11 is 0. The van der Waals surface area contributed by atoms with E-state index < -0.39 is 5.97 Å². The lowest BCUT2D eigenvalue weighted by Crippen LogP contribution is -2.00. The molecule has 0 amide bonds. The van der Waals surface area contributed by atoms with Crippen LogP contribution in [0.2, 0.25) is 0 Å². The van der Waals surface area contributed by atoms with Crippen LogP contribution in [0.15, 0.2) is 30.3 Å². The van der Waals surface area contributed by atoms with E-state index in [1.807, 2.05) is 24.3 Å². The molecule has 1 radical (unpaired) electrons. The monoisotopic (exact) mass is 277 g/mol. The Bertz CT molecular complexity index is 450. The van der Waals surface area contributed by atoms with Crippen molar-refractivity contribution in [1.82, 2.24) is 0 Å². The molecule has 0 bridgehead atoms. The summed E-state index contributed by atoms with van der Waals surface area (Å²) in [6, 6.07) is 7.64. The summed E-state index contributed by atoms with van der Waals surface area (Å²) in [7, 11) is 0. The zero-order valence-electron chi connectivity index (χ0n) is 12.0. The minimum atomic E-state index is -0.931. The van der Waals surface area contributed by atoms with E-state index in [0.717, 1.165) is 23.6 Å². The fraction of sp³-hybridized carbons (Fsp3) is 0.312. The molecule has 0 aliphatic rings. The van der Waals surface area contributed by atoms with Crippen molar-refractivity contribution in [1.29, 1.82) is 0 Å². The zero-order chi connectivity index (χ0) is 15.4. The SMILES string of the molecule is CCOC(=O)CC.[CH2]Cc1cccc(/C=C/C(=O)O)c1. The first-order valence-electron chi connectivity index (χ1n) is 6.48. The average molecular weight is 277 g/mol. The van der Waals surface area contributed by atoms with Gasteiger partial charge >= 0.3 is 11.9 Å². The Balaban J connectivity index is 0.000000441. The first-order valence-corrected chi connectivity index (χ1v) is 6.48. The quantitative estimate of drug-likeness (QED) is 0.663. The molecule has 20 heavy (non-hydrogen) atoms. The lowest BCUT2D eigenvalue weighted by atomic mass is 10.1. The van der Waals surface area contributed by atoms with Gasteiger partial charge in [-0.15, -0.1) is 0 Å². The molecule has 0 heterocycles. The minimum absolute atomic E-state index is 0.123. The number of aliphatic carboxylic acids is 1. The van der Waals surface area contributed by atoms with E-state index in [0.29, 0.717) is 13.0 Å². The number of benzene rings is 1. The van der Waals surface area contributed by atoms with Crippen LogP contribution in [-0.4, -0.2) is 23.7 Å². The molecule has 0 unspecified atom stereocenters. The Labute approximate surface area is 120 Å². The summed E-state index contributed by atoms with van der Waals surface area (Å²) in [5.41, 5.74) is 2.00. The molecule has 4 nitrogen and oxygen atoms in total. The van der Waals surface area contributed by atoms with Crippen LogP contribution in [0.3, 0.4) is 0 Å². The summed E-state index contributed by atoms with van der Waals surface area (Å²) in [5.74, 6) is -1.05. The fourth-order valence-electron chi connectivity index (χ4n) is 1.28. The van der Waals surface area contributed by atoms with E-state index in [9.17, 15) is 9.59 Å². The highest BCUT2D eigenvalue weighted by Crippen LogP contribution is 2.07. The maximum Gasteiger partial charge on any atom is 0.328 e. The van der Waals surface area contributed by atoms with E-state index in [-0.39, 0.29) is 5.97 Å². The smallest absolute Gasteiger partial charge is 0.328 e. The lowest BCUT2D eigenvalue weighted by Gasteiger charge is -1.97. The number of ether oxygens (including phenoxy) is 1. The molecule has 1 aromatic rings. The first kappa shape index (κ1) is 17.9. The van der Waals surface area contributed by atoms with Crippen molar-refractivity contribution >= 4 is 18.0 Å². The molecule has 4 heteroatoms. The molecule has 0 atom stereocenters. The second kappa shape index (κ2) is 10.8. The summed E-state index contributed by atoms with van der Waals surface area (Å²) in [6.45, 7) is 7.82. The van der Waals surface area contributed by atoms with E-state index in [4.69, 9.17) is 5.11 Å². The summed E-state index contributed by atoms with van der Waals surface area (Å²) in [5, 5.41) is 8.40. The standard InChI is InChI=1S/C11H11O2.C5H10O2/c1-2-9-4-3-5-10(8-9)6-7-11(12)13;1-3-5(6)7-4-2/h3-8H,1-2H2,(H,12,13);3-4H2,1-2H3/b7-6+;. The van der Waals surface area contributed by atoms with Crippen LogP contribution in [0.4, 0.5) is 0 Å². The van der Waals surface area contributed by atoms with Gasteiger partial charge in [-0.2, -0.15) is 0 Å². The molecule has 109 valence electrons. The van der Waals surface area contributed by atoms with E-state index in [1.165, 1.54) is 0 Å². The molecule has 0 spiro atoms. The largest absolute Gasteiger partial charge is 0.478 e. The predicted octanol–water partition coefficient (Wildman–Crippen LogP) is 3.12. The van der Waals surface area contributed by atoms with Gasteiger partial charge in [0.15, 0.2) is 0 Å². The number of rotatable bonds is 5. The topological polar surface area (TPSA) is 63.6 Å². The van der Waals surface area contributed by atoms with Crippen LogP contribution in [0.25, 0.3) is 6.08 Å². The summed E-state index contributed by atoms with van der Waals surface area (Å²) in [4.78, 5) is 20.4. The Morgan fingerprint density at radius 1 is 1.35 bits per heavy atom. The first-order chi connectivity index (χ1) is 9.53. The molecular weight excluding hydrogens is 256 g/mol. The number of hydrogen-bond acceptors (Lipinski definition) is 3. The minimum Gasteiger partial charge on any atom is -0.478 e. The van der Waals surface area contributed by atoms with Gasteiger partial charge in [0.1, 0.15) is 0 Å². The molecule has 1 aromatic carbocycles. The molecule has 0 aliphatic carbocycles. The lowest BCUT2D eigenvalue weighted by molar-refractivity contribution is -0.142. The highest BCUT2D eigenvalue weighted by Gasteiger charge is 1.92. The molecule has 0 aliphatic heterocycles. The van der Waals surface area contributed by atoms with Gasteiger partial charge in [-0.3, -0.25) is 4.79 Å². The molecule has 1 rings (SSSR count). The molecule has 0 saturated heterocycles. The average Bonchev–Trinajstić information content (AvgIpc) is 2.46. The van der Waals surface area contributed by atoms with Crippen LogP contribution in [0, 0.1) is 6.92 Å². The molecular formula is C16H21O4. The Morgan fingerprint density at radius 3 is 2.50 bits per heavy atom. The van der Waals surface area contributed by atoms with Crippen molar-refractivity contribution in [2.75, 3.05) is 6.61 Å². The number of carbonyl (C=O) groups is 2. The second-order valence-corrected chi connectivity index (χ2v) is 3.83. The van der Waals surface area contributed by atoms with Gasteiger partial charge in [-0.25, -0.2) is 4.79 Å². The van der Waals surface area contributed by atoms with Gasteiger partial charge in [-0.05, 0) is 37.5 Å². The van der Waals surface area contributed by atoms with Crippen molar-refractivity contribution < 1.29 is 19.4 Å². The zero-order valence-corrected chi connectivity index (χ0v) is 12.0. The Kier molecular flexibility index (Phi) is 9.66. The second-order valence-electron chi connectivity index (χ2n) is 3.83. The van der Waals surface area contributed by atoms with Crippen molar-refractivity contribution in [3.05, 3.63) is 48.4 Å². The van der Waals surface area contributed by atoms with Gasteiger partial charge in [-0.1, -0.05) is 31.2 Å². The number of carboxylic acid groups (broad SMARTS) is 1. The third-order valence-corrected chi connectivity index (χ3v) is 2.25. The van der Waals surface area contributed by atoms with Crippen LogP contribution < -0.4 is 0 Å². The van der Waals surface area contributed by atoms with Gasteiger partial charge in [0, 0.05) is 12.5 Å². The van der Waals surface area contributed by atoms with E-state index in [1.54, 1.807) is 19.9 Å². The van der Waals surface area contributed by atoms with Crippen molar-refractivity contribution in [2.24, 2.45) is 0 Å². The molecule has 0 fully saturated rings. The van der Waals surface area contributed by atoms with Crippen molar-refractivity contribution in [3.63, 3.8) is 0 Å². The van der Waals surface area contributed by atoms with Crippen LogP contribution in [-0.2, 0) is 20.7 Å². The third kappa shape index (κ3) is 8.91. The number of hydrogen-bond donors (Lipinski definition) is 1. The molecule has 0 aromatic heterocycles. The number of carboxylic acids is 1. The number of esters is 1. The fourth-order valence-corrected chi connectivity index (χ4v) is 1.28. The van der Waals surface area contributed by atoms with Gasteiger partial charge in [0.25, 0.3) is 0 Å². The normalized spacial score (nSPS) is 9.75. The predicted molar refractivity (Wildman–Crippen MR) is 79.1 cm³/mol. The van der Waals surface area contributed by atoms with E-state index >= 15 is 0 Å². The highest BCUT2D eigenvalue weighted by molar-refractivity contribution is 5.85. The van der Waals surface area contributed by atoms with Crippen molar-refractivity contribution in [3.8, 4) is 0 Å². The van der Waals surface area contributed by atoms with Crippen LogP contribution in [0.1, 0.15) is 31.4 Å². The maximum absolute atomic E-state index is 10.2. The number of carbonyl (C=O) groups excluding carboxylic acids is 1. The molecule has 1 N–H and O–H groups in total. The summed E-state index contributed by atoms with van der Waals surface area (Å²) in [6.07, 6.45) is 3.90. The van der Waals surface area contributed by atoms with Gasteiger partial charge < -0.3 is 9.84 Å². The highest BCUT2D eigenvalue weighted by atomic mass is 16.5. The Morgan fingerprint density at radius 2 is 2.05 bits per heavy atom. The van der Waals surface area contributed by atoms with E-state index in [2.05, 4.69) is 11.7 Å². The Hall–Kier alpha value is -2.10. The summed E-state index contributed by atoms with van der Waals surface area (Å²) < 4.78 is 4.55. The van der Waals surface area contributed by atoms with Crippen LogP contribution in [0.5, 0.6) is 0 Å².